The Hall–Kier alpha value is -3.31. The number of methoxy groups -OCH3 is 2. The number of hydrogen-bond acceptors (Lipinski definition) is 5. The highest BCUT2D eigenvalue weighted by Crippen LogP contribution is 2.29. The lowest BCUT2D eigenvalue weighted by molar-refractivity contribution is 0.267. The van der Waals surface area contributed by atoms with Gasteiger partial charge in [-0.25, -0.2) is 0 Å². The minimum atomic E-state index is 0.669. The van der Waals surface area contributed by atoms with E-state index in [1.165, 1.54) is 16.3 Å². The van der Waals surface area contributed by atoms with Crippen molar-refractivity contribution < 1.29 is 14.0 Å². The van der Waals surface area contributed by atoms with Crippen molar-refractivity contribution in [2.24, 2.45) is 0 Å². The molecule has 4 aromatic rings. The van der Waals surface area contributed by atoms with Gasteiger partial charge in [-0.3, -0.25) is 4.90 Å². The van der Waals surface area contributed by atoms with E-state index in [2.05, 4.69) is 47.4 Å². The Morgan fingerprint density at radius 3 is 2.48 bits per heavy atom. The summed E-state index contributed by atoms with van der Waals surface area (Å²) in [5.74, 6) is 2.48. The molecule has 5 heteroatoms. The fourth-order valence-corrected chi connectivity index (χ4v) is 3.50. The van der Waals surface area contributed by atoms with Crippen LogP contribution in [0.1, 0.15) is 11.3 Å². The van der Waals surface area contributed by atoms with Crippen molar-refractivity contribution in [1.82, 2.24) is 10.1 Å². The Morgan fingerprint density at radius 2 is 1.66 bits per heavy atom. The molecule has 1 aromatic heterocycles. The van der Waals surface area contributed by atoms with E-state index in [9.17, 15) is 0 Å². The van der Waals surface area contributed by atoms with Gasteiger partial charge in [0.25, 0.3) is 0 Å². The molecule has 0 spiro atoms. The van der Waals surface area contributed by atoms with Crippen molar-refractivity contribution in [1.29, 1.82) is 0 Å². The van der Waals surface area contributed by atoms with Crippen molar-refractivity contribution in [3.05, 3.63) is 78.1 Å². The molecule has 0 N–H and O–H groups in total. The lowest BCUT2D eigenvalue weighted by Gasteiger charge is -2.15. The normalized spacial score (nSPS) is 11.2. The average molecular weight is 388 g/mol. The maximum Gasteiger partial charge on any atom is 0.151 e. The van der Waals surface area contributed by atoms with E-state index in [4.69, 9.17) is 14.0 Å². The number of aromatic nitrogens is 1. The van der Waals surface area contributed by atoms with Crippen LogP contribution in [0.15, 0.2) is 71.3 Å². The first-order valence-corrected chi connectivity index (χ1v) is 9.50. The van der Waals surface area contributed by atoms with Crippen molar-refractivity contribution in [2.75, 3.05) is 21.3 Å². The van der Waals surface area contributed by atoms with Crippen LogP contribution in [0, 0.1) is 0 Å². The third-order valence-electron chi connectivity index (χ3n) is 4.93. The zero-order valence-corrected chi connectivity index (χ0v) is 16.9. The lowest BCUT2D eigenvalue weighted by atomic mass is 10.1. The molecule has 0 amide bonds. The van der Waals surface area contributed by atoms with E-state index in [-0.39, 0.29) is 0 Å². The minimum absolute atomic E-state index is 0.669. The highest BCUT2D eigenvalue weighted by atomic mass is 16.5. The highest BCUT2D eigenvalue weighted by Gasteiger charge is 2.12. The monoisotopic (exact) mass is 388 g/mol. The van der Waals surface area contributed by atoms with Gasteiger partial charge in [0.2, 0.25) is 0 Å². The van der Waals surface area contributed by atoms with Crippen molar-refractivity contribution >= 4 is 10.8 Å². The summed E-state index contributed by atoms with van der Waals surface area (Å²) in [5, 5.41) is 6.60. The van der Waals surface area contributed by atoms with E-state index >= 15 is 0 Å². The molecule has 0 unspecified atom stereocenters. The van der Waals surface area contributed by atoms with Crippen LogP contribution < -0.4 is 9.47 Å². The summed E-state index contributed by atoms with van der Waals surface area (Å²) < 4.78 is 16.3. The van der Waals surface area contributed by atoms with Gasteiger partial charge < -0.3 is 14.0 Å². The smallest absolute Gasteiger partial charge is 0.151 e. The number of rotatable bonds is 7. The second kappa shape index (κ2) is 8.37. The van der Waals surface area contributed by atoms with Crippen molar-refractivity contribution in [3.8, 4) is 22.8 Å². The Bertz CT molecular complexity index is 1120. The quantitative estimate of drug-likeness (QED) is 0.438. The standard InChI is InChI=1S/C24H24N2O3/c1-26(15-17-8-9-19-13-20(27-2)11-10-18(19)12-17)16-21-14-23(25-29-21)22-6-4-5-7-24(22)28-3/h4-14H,15-16H2,1-3H3. The molecule has 0 saturated heterocycles. The van der Waals surface area contributed by atoms with E-state index in [1.807, 2.05) is 36.4 Å². The van der Waals surface area contributed by atoms with Gasteiger partial charge in [-0.05, 0) is 53.7 Å². The average Bonchev–Trinajstić information content (AvgIpc) is 3.21. The molecule has 0 bridgehead atoms. The maximum atomic E-state index is 5.56. The highest BCUT2D eigenvalue weighted by molar-refractivity contribution is 5.84. The van der Waals surface area contributed by atoms with E-state index in [1.54, 1.807) is 14.2 Å². The summed E-state index contributed by atoms with van der Waals surface area (Å²) >= 11 is 0. The van der Waals surface area contributed by atoms with Gasteiger partial charge in [-0.15, -0.1) is 0 Å². The molecule has 0 aliphatic carbocycles. The third-order valence-corrected chi connectivity index (χ3v) is 4.93. The van der Waals surface area contributed by atoms with Crippen LogP contribution >= 0.6 is 0 Å². The molecular formula is C24H24N2O3. The van der Waals surface area contributed by atoms with E-state index in [0.717, 1.165) is 35.1 Å². The molecule has 0 radical (unpaired) electrons. The Balaban J connectivity index is 1.45. The maximum absolute atomic E-state index is 5.56. The fraction of sp³-hybridized carbons (Fsp3) is 0.208. The van der Waals surface area contributed by atoms with Gasteiger partial charge in [0.05, 0.1) is 20.8 Å². The molecule has 5 nitrogen and oxygen atoms in total. The number of para-hydroxylation sites is 1. The largest absolute Gasteiger partial charge is 0.497 e. The molecule has 0 atom stereocenters. The Labute approximate surface area is 170 Å². The van der Waals surface area contributed by atoms with Gasteiger partial charge in [-0.2, -0.15) is 0 Å². The lowest BCUT2D eigenvalue weighted by Crippen LogP contribution is -2.16. The number of nitrogens with zero attached hydrogens (tertiary/aromatic N) is 2. The zero-order chi connectivity index (χ0) is 20.2. The molecular weight excluding hydrogens is 364 g/mol. The molecule has 1 heterocycles. The number of hydrogen-bond donors (Lipinski definition) is 0. The Kier molecular flexibility index (Phi) is 5.49. The van der Waals surface area contributed by atoms with Crippen LogP contribution in [0.2, 0.25) is 0 Å². The summed E-state index contributed by atoms with van der Waals surface area (Å²) in [4.78, 5) is 2.21. The topological polar surface area (TPSA) is 47.7 Å². The molecule has 148 valence electrons. The second-order valence-electron chi connectivity index (χ2n) is 7.10. The van der Waals surface area contributed by atoms with E-state index < -0.39 is 0 Å². The van der Waals surface area contributed by atoms with Crippen LogP contribution in [0.25, 0.3) is 22.0 Å². The van der Waals surface area contributed by atoms with Gasteiger partial charge in [0, 0.05) is 18.2 Å². The Morgan fingerprint density at radius 1 is 0.862 bits per heavy atom. The molecule has 0 fully saturated rings. The molecule has 4 rings (SSSR count). The number of ether oxygens (including phenoxy) is 2. The number of fused-ring (bicyclic) bond motifs is 1. The predicted molar refractivity (Wildman–Crippen MR) is 114 cm³/mol. The van der Waals surface area contributed by atoms with Crippen LogP contribution in [-0.4, -0.2) is 31.3 Å². The van der Waals surface area contributed by atoms with Gasteiger partial charge in [-0.1, -0.05) is 35.5 Å². The molecule has 3 aromatic carbocycles. The molecule has 0 aliphatic heterocycles. The van der Waals surface area contributed by atoms with Crippen molar-refractivity contribution in [2.45, 2.75) is 13.1 Å². The SMILES string of the molecule is COc1ccc2cc(CN(C)Cc3cc(-c4ccccc4OC)no3)ccc2c1. The second-order valence-corrected chi connectivity index (χ2v) is 7.10. The first-order valence-electron chi connectivity index (χ1n) is 9.50. The molecule has 0 saturated carbocycles. The zero-order valence-electron chi connectivity index (χ0n) is 16.9. The molecule has 29 heavy (non-hydrogen) atoms. The number of benzene rings is 3. The summed E-state index contributed by atoms with van der Waals surface area (Å²) in [5.41, 5.74) is 2.96. The first-order chi connectivity index (χ1) is 14.2. The van der Waals surface area contributed by atoms with Crippen LogP contribution in [0.5, 0.6) is 11.5 Å². The summed E-state index contributed by atoms with van der Waals surface area (Å²) in [6.45, 7) is 1.48. The summed E-state index contributed by atoms with van der Waals surface area (Å²) in [6.07, 6.45) is 0. The fourth-order valence-electron chi connectivity index (χ4n) is 3.50. The van der Waals surface area contributed by atoms with Crippen LogP contribution in [-0.2, 0) is 13.1 Å². The minimum Gasteiger partial charge on any atom is -0.497 e. The summed E-state index contributed by atoms with van der Waals surface area (Å²) in [6, 6.07) is 22.4. The summed E-state index contributed by atoms with van der Waals surface area (Å²) in [7, 11) is 5.42. The van der Waals surface area contributed by atoms with Gasteiger partial charge in [0.15, 0.2) is 5.76 Å². The van der Waals surface area contributed by atoms with Crippen LogP contribution in [0.3, 0.4) is 0 Å². The van der Waals surface area contributed by atoms with E-state index in [0.29, 0.717) is 6.54 Å². The predicted octanol–water partition coefficient (Wildman–Crippen LogP) is 5.14. The third kappa shape index (κ3) is 4.25. The van der Waals surface area contributed by atoms with Gasteiger partial charge in [0.1, 0.15) is 17.2 Å². The molecule has 0 aliphatic rings. The van der Waals surface area contributed by atoms with Crippen molar-refractivity contribution in [3.63, 3.8) is 0 Å². The van der Waals surface area contributed by atoms with Gasteiger partial charge >= 0.3 is 0 Å². The first kappa shape index (κ1) is 19.0. The van der Waals surface area contributed by atoms with Crippen LogP contribution in [0.4, 0.5) is 0 Å².